The molecule has 7 heteroatoms. The van der Waals surface area contributed by atoms with Crippen LogP contribution < -0.4 is 5.11 Å². The van der Waals surface area contributed by atoms with Crippen LogP contribution in [0.5, 0.6) is 5.75 Å². The minimum Gasteiger partial charge on any atom is -0.872 e. The van der Waals surface area contributed by atoms with Crippen molar-refractivity contribution in [3.63, 3.8) is 0 Å². The summed E-state index contributed by atoms with van der Waals surface area (Å²) in [5.74, 6) is 0.386. The number of hydrogen-bond acceptors (Lipinski definition) is 5. The van der Waals surface area contributed by atoms with E-state index in [1.807, 2.05) is 0 Å². The van der Waals surface area contributed by atoms with Gasteiger partial charge in [0.2, 0.25) is 0 Å². The van der Waals surface area contributed by atoms with E-state index in [0.717, 1.165) is 0 Å². The first kappa shape index (κ1) is 19.4. The molecule has 0 unspecified atom stereocenters. The molecule has 0 aliphatic rings. The van der Waals surface area contributed by atoms with Gasteiger partial charge >= 0.3 is 53.8 Å². The van der Waals surface area contributed by atoms with Crippen LogP contribution in [0.3, 0.4) is 0 Å². The zero-order chi connectivity index (χ0) is 18.1. The fraction of sp³-hybridized carbons (Fsp3) is 0.333. The Kier molecular flexibility index (Phi) is 7.84. The molecule has 3 aromatic rings. The fourth-order valence-electron chi connectivity index (χ4n) is 2.32. The Morgan fingerprint density at radius 3 is 2.44 bits per heavy atom. The summed E-state index contributed by atoms with van der Waals surface area (Å²) in [5, 5.41) is 11.5. The van der Waals surface area contributed by atoms with Crippen LogP contribution in [0.1, 0.15) is 26.3 Å². The molecule has 0 saturated carbocycles. The molecule has 0 spiro atoms. The van der Waals surface area contributed by atoms with Gasteiger partial charge in [-0.3, -0.25) is 0 Å². The summed E-state index contributed by atoms with van der Waals surface area (Å²) in [6.45, 7) is 7.05. The predicted octanol–water partition coefficient (Wildman–Crippen LogP) is 3.72. The summed E-state index contributed by atoms with van der Waals surface area (Å²) in [7, 11) is 0. The van der Waals surface area contributed by atoms with E-state index in [4.69, 9.17) is 0 Å². The van der Waals surface area contributed by atoms with Crippen LogP contribution in [0.25, 0.3) is 11.2 Å². The maximum absolute atomic E-state index is 11.5. The van der Waals surface area contributed by atoms with Crippen molar-refractivity contribution in [1.29, 1.82) is 0 Å². The van der Waals surface area contributed by atoms with E-state index in [1.165, 1.54) is 24.9 Å². The minimum absolute atomic E-state index is 0.0730. The fourth-order valence-corrected chi connectivity index (χ4v) is 6.60. The number of fused-ring (bicyclic) bond motifs is 1. The van der Waals surface area contributed by atoms with Crippen LogP contribution in [0.4, 0.5) is 5.82 Å². The molecule has 1 aromatic carbocycles. The molecule has 25 heavy (non-hydrogen) atoms. The number of H-pyrrole nitrogens is 1. The molecule has 0 bridgehead atoms. The van der Waals surface area contributed by atoms with Crippen molar-refractivity contribution in [3.05, 3.63) is 42.5 Å². The molecule has 0 fully saturated rings. The summed E-state index contributed by atoms with van der Waals surface area (Å²) in [5.41, 5.74) is 1.72. The summed E-state index contributed by atoms with van der Waals surface area (Å²) in [6.07, 6.45) is 4.41. The van der Waals surface area contributed by atoms with Crippen LogP contribution in [-0.2, 0) is 0 Å². The van der Waals surface area contributed by atoms with Crippen molar-refractivity contribution >= 4 is 43.0 Å². The molecule has 2 heterocycles. The molecular formula is C18H23N5OSn. The van der Waals surface area contributed by atoms with Gasteiger partial charge in [-0.05, 0) is 5.56 Å². The standard InChI is InChI=1S/C12H9N5O.3C2H5.Sn/c18-9-4-2-1-3-8(9)5-13-11-10-12(15-6-14-10)17-7-16-11;3*1-2;/h1-7,18H,(H,14,15,16,17);3*1H2,2H3;/q;;;;+1/p-1. The Labute approximate surface area is 155 Å². The summed E-state index contributed by atoms with van der Waals surface area (Å²) >= 11 is -0.653. The maximum Gasteiger partial charge on any atom is 0.182 e. The van der Waals surface area contributed by atoms with Gasteiger partial charge in [-0.2, -0.15) is 0 Å². The SMILES string of the molecule is C[CH2][Sn+]([CH2]C)[CH2]C.[O-]c1ccccc1C=Nc1ncnc2nc[nH]c12. The average molecular weight is 444 g/mol. The Morgan fingerprint density at radius 1 is 1.08 bits per heavy atom. The second-order valence-corrected chi connectivity index (χ2v) is 15.7. The quantitative estimate of drug-likeness (QED) is 0.480. The summed E-state index contributed by atoms with van der Waals surface area (Å²) in [6, 6.07) is 6.68. The number of para-hydroxylation sites is 1. The van der Waals surface area contributed by atoms with Crippen LogP contribution in [-0.4, -0.2) is 45.9 Å². The van der Waals surface area contributed by atoms with Gasteiger partial charge < -0.3 is 10.1 Å². The third-order valence-corrected chi connectivity index (χ3v) is 12.5. The number of hydrogen-bond donors (Lipinski definition) is 1. The molecule has 0 aliphatic carbocycles. The first-order chi connectivity index (χ1) is 12.2. The van der Waals surface area contributed by atoms with Crippen LogP contribution in [0, 0.1) is 0 Å². The largest absolute Gasteiger partial charge is 0.872 e. The smallest absolute Gasteiger partial charge is 0.182 e. The van der Waals surface area contributed by atoms with E-state index in [9.17, 15) is 5.11 Å². The molecule has 0 aliphatic heterocycles. The molecule has 0 atom stereocenters. The maximum atomic E-state index is 11.5. The van der Waals surface area contributed by atoms with Crippen LogP contribution >= 0.6 is 0 Å². The van der Waals surface area contributed by atoms with Crippen molar-refractivity contribution in [1.82, 2.24) is 19.9 Å². The van der Waals surface area contributed by atoms with E-state index >= 15 is 0 Å². The number of benzene rings is 1. The number of rotatable bonds is 5. The van der Waals surface area contributed by atoms with E-state index in [-0.39, 0.29) is 5.75 Å². The van der Waals surface area contributed by atoms with Gasteiger partial charge in [0.1, 0.15) is 11.8 Å². The molecule has 3 rings (SSSR count). The van der Waals surface area contributed by atoms with E-state index in [2.05, 4.69) is 45.7 Å². The first-order valence-corrected chi connectivity index (χ1v) is 14.5. The molecule has 0 saturated heterocycles. The van der Waals surface area contributed by atoms with Gasteiger partial charge in [-0.1, -0.05) is 24.3 Å². The molecule has 130 valence electrons. The molecular weight excluding hydrogens is 421 g/mol. The summed E-state index contributed by atoms with van der Waals surface area (Å²) < 4.78 is 4.65. The van der Waals surface area contributed by atoms with Gasteiger partial charge in [0.25, 0.3) is 0 Å². The van der Waals surface area contributed by atoms with Crippen molar-refractivity contribution in [3.8, 4) is 5.75 Å². The first-order valence-electron chi connectivity index (χ1n) is 8.47. The molecule has 1 N–H and O–H groups in total. The second kappa shape index (κ2) is 10.1. The van der Waals surface area contributed by atoms with Crippen LogP contribution in [0.15, 0.2) is 41.9 Å². The van der Waals surface area contributed by atoms with Crippen molar-refractivity contribution in [2.45, 2.75) is 34.1 Å². The third-order valence-electron chi connectivity index (χ3n) is 3.95. The predicted molar refractivity (Wildman–Crippen MR) is 102 cm³/mol. The summed E-state index contributed by atoms with van der Waals surface area (Å²) in [4.78, 5) is 19.1. The average Bonchev–Trinajstić information content (AvgIpc) is 3.12. The zero-order valence-electron chi connectivity index (χ0n) is 14.9. The van der Waals surface area contributed by atoms with Gasteiger partial charge in [0, 0.05) is 6.21 Å². The number of aromatic amines is 1. The monoisotopic (exact) mass is 445 g/mol. The van der Waals surface area contributed by atoms with Crippen molar-refractivity contribution in [2.75, 3.05) is 0 Å². The third kappa shape index (κ3) is 5.52. The van der Waals surface area contributed by atoms with Crippen molar-refractivity contribution < 1.29 is 5.11 Å². The molecule has 0 amide bonds. The van der Waals surface area contributed by atoms with Gasteiger partial charge in [-0.15, -0.1) is 5.75 Å². The van der Waals surface area contributed by atoms with E-state index in [1.54, 1.807) is 31.5 Å². The number of nitrogens with one attached hydrogen (secondary N) is 1. The van der Waals surface area contributed by atoms with Gasteiger partial charge in [0.15, 0.2) is 11.5 Å². The van der Waals surface area contributed by atoms with Gasteiger partial charge in [-0.25, -0.2) is 19.9 Å². The minimum atomic E-state index is -0.653. The molecule has 2 aromatic heterocycles. The number of aliphatic imine (C=N–C) groups is 1. The normalized spacial score (nSPS) is 10.7. The number of aromatic nitrogens is 4. The topological polar surface area (TPSA) is 89.9 Å². The molecule has 0 radical (unpaired) electrons. The number of imidazole rings is 1. The van der Waals surface area contributed by atoms with E-state index < -0.39 is 19.8 Å². The van der Waals surface area contributed by atoms with Crippen molar-refractivity contribution in [2.24, 2.45) is 4.99 Å². The Bertz CT molecular complexity index is 808. The Morgan fingerprint density at radius 2 is 1.80 bits per heavy atom. The molecule has 6 nitrogen and oxygen atoms in total. The van der Waals surface area contributed by atoms with Gasteiger partial charge in [0.05, 0.1) is 6.33 Å². The number of nitrogens with zero attached hydrogens (tertiary/aromatic N) is 4. The van der Waals surface area contributed by atoms with E-state index in [0.29, 0.717) is 22.5 Å². The van der Waals surface area contributed by atoms with Crippen LogP contribution in [0.2, 0.25) is 13.3 Å². The Balaban J connectivity index is 0.000000277. The zero-order valence-corrected chi connectivity index (χ0v) is 17.7. The second-order valence-electron chi connectivity index (χ2n) is 5.41. The Hall–Kier alpha value is -1.96.